The zero-order valence-electron chi connectivity index (χ0n) is 10.8. The van der Waals surface area contributed by atoms with Gasteiger partial charge in [0.05, 0.1) is 12.6 Å². The Morgan fingerprint density at radius 1 is 1.18 bits per heavy atom. The lowest BCUT2D eigenvalue weighted by Gasteiger charge is -2.27. The van der Waals surface area contributed by atoms with Crippen LogP contribution in [-0.2, 0) is 6.54 Å². The van der Waals surface area contributed by atoms with Gasteiger partial charge in [0.15, 0.2) is 0 Å². The van der Waals surface area contributed by atoms with Gasteiger partial charge in [-0.1, -0.05) is 50.6 Å². The first-order valence-corrected chi connectivity index (χ1v) is 6.69. The van der Waals surface area contributed by atoms with E-state index in [1.807, 2.05) is 0 Å². The molecule has 0 aromatic heterocycles. The van der Waals surface area contributed by atoms with E-state index >= 15 is 0 Å². The first kappa shape index (κ1) is 12.2. The van der Waals surface area contributed by atoms with Gasteiger partial charge in [0, 0.05) is 12.1 Å². The van der Waals surface area contributed by atoms with Crippen molar-refractivity contribution in [2.45, 2.75) is 45.7 Å². The molecule has 0 unspecified atom stereocenters. The van der Waals surface area contributed by atoms with Crippen LogP contribution in [-0.4, -0.2) is 17.3 Å². The monoisotopic (exact) mass is 230 g/mol. The van der Waals surface area contributed by atoms with Gasteiger partial charge in [-0.3, -0.25) is 5.01 Å². The molecule has 0 N–H and O–H groups in total. The quantitative estimate of drug-likeness (QED) is 0.753. The van der Waals surface area contributed by atoms with Crippen LogP contribution in [0.1, 0.15) is 38.7 Å². The first-order valence-electron chi connectivity index (χ1n) is 6.69. The van der Waals surface area contributed by atoms with Crippen molar-refractivity contribution < 1.29 is 0 Å². The molecule has 17 heavy (non-hydrogen) atoms. The van der Waals surface area contributed by atoms with Crippen LogP contribution >= 0.6 is 0 Å². The second kappa shape index (κ2) is 5.85. The lowest BCUT2D eigenvalue weighted by atomic mass is 9.95. The summed E-state index contributed by atoms with van der Waals surface area (Å²) in [4.78, 5) is 0. The number of benzene rings is 1. The lowest BCUT2D eigenvalue weighted by molar-refractivity contribution is 0.179. The van der Waals surface area contributed by atoms with Crippen LogP contribution in [0, 0.1) is 5.92 Å². The molecule has 2 heteroatoms. The highest BCUT2D eigenvalue weighted by atomic mass is 15.5. The zero-order chi connectivity index (χ0) is 12.1. The zero-order valence-corrected chi connectivity index (χ0v) is 10.8. The van der Waals surface area contributed by atoms with Gasteiger partial charge in [0.2, 0.25) is 0 Å². The SMILES string of the molecule is CCC[C@H]1[C@@H](CC)C=NN1Cc1ccccc1. The predicted molar refractivity (Wildman–Crippen MR) is 73.0 cm³/mol. The van der Waals surface area contributed by atoms with Crippen LogP contribution in [0.4, 0.5) is 0 Å². The molecule has 1 aliphatic rings. The summed E-state index contributed by atoms with van der Waals surface area (Å²) in [5.74, 6) is 0.638. The standard InChI is InChI=1S/C15H22N2/c1-3-8-15-14(4-2)11-16-17(15)12-13-9-6-5-7-10-13/h5-7,9-11,14-15H,3-4,8,12H2,1-2H3/t14-,15-/m0/s1. The summed E-state index contributed by atoms with van der Waals surface area (Å²) >= 11 is 0. The van der Waals surface area contributed by atoms with E-state index in [2.05, 4.69) is 60.5 Å². The summed E-state index contributed by atoms with van der Waals surface area (Å²) in [7, 11) is 0. The minimum Gasteiger partial charge on any atom is -0.289 e. The summed E-state index contributed by atoms with van der Waals surface area (Å²) in [6.45, 7) is 5.45. The molecule has 2 atom stereocenters. The predicted octanol–water partition coefficient (Wildman–Crippen LogP) is 3.68. The molecule has 92 valence electrons. The molecule has 1 aliphatic heterocycles. The van der Waals surface area contributed by atoms with Gasteiger partial charge in [-0.2, -0.15) is 5.10 Å². The third kappa shape index (κ3) is 2.87. The van der Waals surface area contributed by atoms with Crippen molar-refractivity contribution in [1.29, 1.82) is 0 Å². The highest BCUT2D eigenvalue weighted by molar-refractivity contribution is 5.63. The summed E-state index contributed by atoms with van der Waals surface area (Å²) in [5.41, 5.74) is 1.35. The summed E-state index contributed by atoms with van der Waals surface area (Å²) in [6.07, 6.45) is 5.81. The number of rotatable bonds is 5. The molecule has 1 aromatic carbocycles. The highest BCUT2D eigenvalue weighted by Gasteiger charge is 2.28. The van der Waals surface area contributed by atoms with Crippen LogP contribution in [0.3, 0.4) is 0 Å². The number of nitrogens with zero attached hydrogens (tertiary/aromatic N) is 2. The van der Waals surface area contributed by atoms with Crippen LogP contribution in [0.2, 0.25) is 0 Å². The molecule has 0 saturated heterocycles. The van der Waals surface area contributed by atoms with E-state index < -0.39 is 0 Å². The van der Waals surface area contributed by atoms with Crippen LogP contribution in [0.15, 0.2) is 35.4 Å². The van der Waals surface area contributed by atoms with E-state index in [0.29, 0.717) is 12.0 Å². The topological polar surface area (TPSA) is 15.6 Å². The van der Waals surface area contributed by atoms with Crippen LogP contribution in [0.5, 0.6) is 0 Å². The molecule has 0 radical (unpaired) electrons. The van der Waals surface area contributed by atoms with Gasteiger partial charge in [-0.05, 0) is 18.4 Å². The van der Waals surface area contributed by atoms with E-state index in [1.54, 1.807) is 0 Å². The van der Waals surface area contributed by atoms with Gasteiger partial charge in [-0.15, -0.1) is 0 Å². The Kier molecular flexibility index (Phi) is 4.18. The van der Waals surface area contributed by atoms with E-state index in [-0.39, 0.29) is 0 Å². The second-order valence-corrected chi connectivity index (χ2v) is 4.78. The van der Waals surface area contributed by atoms with E-state index in [0.717, 1.165) is 6.54 Å². The Labute approximate surface area is 104 Å². The maximum Gasteiger partial charge on any atom is 0.0614 e. The lowest BCUT2D eigenvalue weighted by Crippen LogP contribution is -2.31. The molecule has 2 rings (SSSR count). The normalized spacial score (nSPS) is 23.3. The van der Waals surface area contributed by atoms with Crippen molar-refractivity contribution >= 4 is 6.21 Å². The minimum atomic E-state index is 0.602. The third-order valence-electron chi connectivity index (χ3n) is 3.53. The molecule has 0 spiro atoms. The van der Waals surface area contributed by atoms with Gasteiger partial charge in [0.25, 0.3) is 0 Å². The molecule has 1 heterocycles. The number of hydrazone groups is 1. The molecule has 0 bridgehead atoms. The van der Waals surface area contributed by atoms with Crippen molar-refractivity contribution in [3.05, 3.63) is 35.9 Å². The number of hydrogen-bond donors (Lipinski definition) is 0. The fourth-order valence-corrected chi connectivity index (χ4v) is 2.54. The maximum atomic E-state index is 4.59. The van der Waals surface area contributed by atoms with Gasteiger partial charge in [0.1, 0.15) is 0 Å². The minimum absolute atomic E-state index is 0.602. The average Bonchev–Trinajstić information content (AvgIpc) is 2.74. The van der Waals surface area contributed by atoms with Crippen molar-refractivity contribution in [3.8, 4) is 0 Å². The highest BCUT2D eigenvalue weighted by Crippen LogP contribution is 2.25. The third-order valence-corrected chi connectivity index (χ3v) is 3.53. The molecule has 2 nitrogen and oxygen atoms in total. The smallest absolute Gasteiger partial charge is 0.0614 e. The fraction of sp³-hybridized carbons (Fsp3) is 0.533. The molecule has 0 fully saturated rings. The largest absolute Gasteiger partial charge is 0.289 e. The summed E-state index contributed by atoms with van der Waals surface area (Å²) < 4.78 is 0. The van der Waals surface area contributed by atoms with Crippen molar-refractivity contribution in [3.63, 3.8) is 0 Å². The first-order chi connectivity index (χ1) is 8.35. The van der Waals surface area contributed by atoms with Crippen LogP contribution < -0.4 is 0 Å². The Balaban J connectivity index is 2.03. The van der Waals surface area contributed by atoms with Gasteiger partial charge >= 0.3 is 0 Å². The summed E-state index contributed by atoms with van der Waals surface area (Å²) in [5, 5.41) is 6.86. The Bertz CT molecular complexity index is 358. The second-order valence-electron chi connectivity index (χ2n) is 4.78. The molecular weight excluding hydrogens is 208 g/mol. The Hall–Kier alpha value is -1.31. The molecule has 1 aromatic rings. The van der Waals surface area contributed by atoms with E-state index in [4.69, 9.17) is 0 Å². The number of hydrogen-bond acceptors (Lipinski definition) is 2. The molecule has 0 amide bonds. The average molecular weight is 230 g/mol. The van der Waals surface area contributed by atoms with Crippen molar-refractivity contribution in [2.75, 3.05) is 0 Å². The van der Waals surface area contributed by atoms with Crippen molar-refractivity contribution in [1.82, 2.24) is 5.01 Å². The Morgan fingerprint density at radius 3 is 2.59 bits per heavy atom. The molecule has 0 aliphatic carbocycles. The summed E-state index contributed by atoms with van der Waals surface area (Å²) in [6, 6.07) is 11.2. The van der Waals surface area contributed by atoms with E-state index in [9.17, 15) is 0 Å². The van der Waals surface area contributed by atoms with Crippen LogP contribution in [0.25, 0.3) is 0 Å². The Morgan fingerprint density at radius 2 is 1.94 bits per heavy atom. The van der Waals surface area contributed by atoms with Gasteiger partial charge in [-0.25, -0.2) is 0 Å². The van der Waals surface area contributed by atoms with E-state index in [1.165, 1.54) is 24.8 Å². The fourth-order valence-electron chi connectivity index (χ4n) is 2.54. The van der Waals surface area contributed by atoms with Crippen molar-refractivity contribution in [2.24, 2.45) is 11.0 Å². The molecular formula is C15H22N2. The maximum absolute atomic E-state index is 4.59. The molecule has 0 saturated carbocycles. The van der Waals surface area contributed by atoms with Gasteiger partial charge < -0.3 is 0 Å².